The second-order valence-electron chi connectivity index (χ2n) is 7.83. The summed E-state index contributed by atoms with van der Waals surface area (Å²) < 4.78 is 44.8. The first kappa shape index (κ1) is 23.9. The van der Waals surface area contributed by atoms with Gasteiger partial charge in [-0.2, -0.15) is 4.52 Å². The van der Waals surface area contributed by atoms with Gasteiger partial charge in [-0.1, -0.05) is 26.7 Å². The van der Waals surface area contributed by atoms with Crippen LogP contribution in [0.3, 0.4) is 0 Å². The molecule has 0 aliphatic heterocycles. The van der Waals surface area contributed by atoms with Crippen molar-refractivity contribution in [2.24, 2.45) is 0 Å². The SMILES string of the molecule is COc1ccc(OC)c([S+](=O)([O-])c2nnn3c2nc(NCCCOC(C)C)c2ccccc23)c1. The Labute approximate surface area is 198 Å². The lowest BCUT2D eigenvalue weighted by atomic mass is 10.2. The van der Waals surface area contributed by atoms with Crippen molar-refractivity contribution in [1.29, 1.82) is 0 Å². The molecule has 0 saturated carbocycles. The van der Waals surface area contributed by atoms with Crippen molar-refractivity contribution < 1.29 is 23.0 Å². The Morgan fingerprint density at radius 3 is 2.68 bits per heavy atom. The first-order valence-corrected chi connectivity index (χ1v) is 12.3. The van der Waals surface area contributed by atoms with Gasteiger partial charge in [-0.15, -0.1) is 0 Å². The van der Waals surface area contributed by atoms with Gasteiger partial charge >= 0.3 is 5.03 Å². The Balaban J connectivity index is 1.79. The number of sulfone groups is 1. The van der Waals surface area contributed by atoms with Crippen LogP contribution in [0.5, 0.6) is 11.5 Å². The minimum atomic E-state index is -4.13. The summed E-state index contributed by atoms with van der Waals surface area (Å²) in [6.07, 6.45) is 0.929. The van der Waals surface area contributed by atoms with Gasteiger partial charge in [-0.25, -0.2) is 4.98 Å². The standard InChI is InChI=1S/C23H27N5O5S/c1-15(2)33-13-7-12-24-21-17-8-5-6-9-18(17)28-22(25-21)23(26-27-28)34(29,30)20-14-16(31-3)10-11-19(20)32-4/h5-6,8-11,14-15H,7,12-13H2,1-4H3,(H-,24,25,29,30). The van der Waals surface area contributed by atoms with Gasteiger partial charge in [-0.3, -0.25) is 0 Å². The first-order valence-electron chi connectivity index (χ1n) is 10.8. The van der Waals surface area contributed by atoms with Crippen molar-refractivity contribution in [2.45, 2.75) is 36.3 Å². The van der Waals surface area contributed by atoms with Crippen LogP contribution in [0.1, 0.15) is 20.3 Å². The molecule has 0 spiro atoms. The van der Waals surface area contributed by atoms with Gasteiger partial charge in [0.2, 0.25) is 10.5 Å². The maximum atomic E-state index is 13.6. The van der Waals surface area contributed by atoms with Crippen LogP contribution in [-0.2, 0) is 19.2 Å². The molecule has 0 amide bonds. The zero-order chi connectivity index (χ0) is 24.3. The number of fused-ring (bicyclic) bond motifs is 3. The van der Waals surface area contributed by atoms with Crippen molar-refractivity contribution in [3.63, 3.8) is 0 Å². The number of nitrogens with zero attached hydrogens (tertiary/aromatic N) is 4. The second-order valence-corrected chi connectivity index (χ2v) is 9.66. The normalized spacial score (nSPS) is 13.4. The van der Waals surface area contributed by atoms with E-state index in [1.165, 1.54) is 30.9 Å². The average molecular weight is 486 g/mol. The third-order valence-electron chi connectivity index (χ3n) is 5.20. The number of ether oxygens (including phenoxy) is 3. The molecule has 1 unspecified atom stereocenters. The molecular formula is C23H27N5O5S. The third kappa shape index (κ3) is 4.54. The van der Waals surface area contributed by atoms with Crippen LogP contribution in [0.4, 0.5) is 5.82 Å². The summed E-state index contributed by atoms with van der Waals surface area (Å²) in [6.45, 7) is 5.19. The summed E-state index contributed by atoms with van der Waals surface area (Å²) in [4.78, 5) is 4.54. The van der Waals surface area contributed by atoms with Crippen LogP contribution in [0, 0.1) is 0 Å². The van der Waals surface area contributed by atoms with Crippen molar-refractivity contribution in [1.82, 2.24) is 19.8 Å². The molecule has 2 aromatic carbocycles. The van der Waals surface area contributed by atoms with Gasteiger partial charge in [0.25, 0.3) is 0 Å². The first-order chi connectivity index (χ1) is 16.4. The fourth-order valence-corrected chi connectivity index (χ4v) is 4.96. The van der Waals surface area contributed by atoms with E-state index in [1.54, 1.807) is 6.07 Å². The highest BCUT2D eigenvalue weighted by atomic mass is 32.3. The summed E-state index contributed by atoms with van der Waals surface area (Å²) in [7, 11) is -1.27. The zero-order valence-corrected chi connectivity index (χ0v) is 20.3. The lowest BCUT2D eigenvalue weighted by Gasteiger charge is -2.15. The molecule has 0 aliphatic rings. The van der Waals surface area contributed by atoms with E-state index in [0.29, 0.717) is 30.2 Å². The molecule has 0 bridgehead atoms. The number of aromatic nitrogens is 4. The van der Waals surface area contributed by atoms with Gasteiger partial charge in [0, 0.05) is 24.6 Å². The molecule has 0 fully saturated rings. The topological polar surface area (TPSA) is 123 Å². The number of hydrogen-bond acceptors (Lipinski definition) is 9. The van der Waals surface area contributed by atoms with E-state index >= 15 is 0 Å². The lowest BCUT2D eigenvalue weighted by molar-refractivity contribution is 0.0787. The molecule has 1 atom stereocenters. The van der Waals surface area contributed by atoms with Crippen molar-refractivity contribution in [3.05, 3.63) is 42.5 Å². The van der Waals surface area contributed by atoms with Gasteiger partial charge in [0.1, 0.15) is 21.8 Å². The van der Waals surface area contributed by atoms with Crippen LogP contribution >= 0.6 is 0 Å². The van der Waals surface area contributed by atoms with E-state index in [1.807, 2.05) is 38.1 Å². The molecule has 10 nitrogen and oxygen atoms in total. The van der Waals surface area contributed by atoms with Crippen LogP contribution < -0.4 is 14.8 Å². The molecule has 0 saturated heterocycles. The van der Waals surface area contributed by atoms with Crippen molar-refractivity contribution >= 4 is 32.6 Å². The summed E-state index contributed by atoms with van der Waals surface area (Å²) in [5, 5.41) is 12.0. The molecule has 180 valence electrons. The Bertz CT molecular complexity index is 1360. The molecular weight excluding hydrogens is 458 g/mol. The molecule has 4 aromatic rings. The van der Waals surface area contributed by atoms with E-state index in [-0.39, 0.29) is 27.4 Å². The van der Waals surface area contributed by atoms with Gasteiger partial charge in [-0.05, 0) is 44.5 Å². The van der Waals surface area contributed by atoms with Crippen LogP contribution in [0.25, 0.3) is 16.6 Å². The molecule has 0 aliphatic carbocycles. The van der Waals surface area contributed by atoms with E-state index in [4.69, 9.17) is 14.2 Å². The van der Waals surface area contributed by atoms with Crippen LogP contribution in [-0.4, -0.2) is 57.8 Å². The van der Waals surface area contributed by atoms with Gasteiger partial charge < -0.3 is 24.1 Å². The second kappa shape index (κ2) is 9.92. The minimum Gasteiger partial charge on any atom is -0.604 e. The number of nitrogens with one attached hydrogen (secondary N) is 1. The van der Waals surface area contributed by atoms with Gasteiger partial charge in [0.05, 0.1) is 25.8 Å². The van der Waals surface area contributed by atoms with E-state index < -0.39 is 10.2 Å². The highest BCUT2D eigenvalue weighted by Gasteiger charge is 2.35. The summed E-state index contributed by atoms with van der Waals surface area (Å²) in [6, 6.07) is 12.0. The monoisotopic (exact) mass is 485 g/mol. The van der Waals surface area contributed by atoms with Gasteiger partial charge in [0.15, 0.2) is 5.75 Å². The maximum absolute atomic E-state index is 13.6. The third-order valence-corrected chi connectivity index (χ3v) is 6.87. The quantitative estimate of drug-likeness (QED) is 0.265. The predicted molar refractivity (Wildman–Crippen MR) is 127 cm³/mol. The highest BCUT2D eigenvalue weighted by molar-refractivity contribution is 7.98. The molecule has 2 heterocycles. The Hall–Kier alpha value is -3.28. The lowest BCUT2D eigenvalue weighted by Crippen LogP contribution is -2.15. The van der Waals surface area contributed by atoms with Crippen LogP contribution in [0.15, 0.2) is 52.4 Å². The summed E-state index contributed by atoms with van der Waals surface area (Å²) in [5.74, 6) is 1.09. The number of benzene rings is 2. The predicted octanol–water partition coefficient (Wildman–Crippen LogP) is 3.57. The average Bonchev–Trinajstić information content (AvgIpc) is 3.28. The number of para-hydroxylation sites is 1. The van der Waals surface area contributed by atoms with E-state index in [9.17, 15) is 8.76 Å². The Morgan fingerprint density at radius 1 is 1.15 bits per heavy atom. The fraction of sp³-hybridized carbons (Fsp3) is 0.348. The Morgan fingerprint density at radius 2 is 1.94 bits per heavy atom. The van der Waals surface area contributed by atoms with Crippen LogP contribution in [0.2, 0.25) is 0 Å². The molecule has 4 rings (SSSR count). The van der Waals surface area contributed by atoms with E-state index in [2.05, 4.69) is 20.6 Å². The smallest absolute Gasteiger partial charge is 0.318 e. The van der Waals surface area contributed by atoms with Crippen molar-refractivity contribution in [3.8, 4) is 11.5 Å². The highest BCUT2D eigenvalue weighted by Crippen LogP contribution is 2.37. The van der Waals surface area contributed by atoms with Crippen molar-refractivity contribution in [2.75, 3.05) is 32.7 Å². The molecule has 34 heavy (non-hydrogen) atoms. The molecule has 1 N–H and O–H groups in total. The largest absolute Gasteiger partial charge is 0.604 e. The molecule has 0 radical (unpaired) electrons. The summed E-state index contributed by atoms with van der Waals surface area (Å²) >= 11 is 0. The Kier molecular flexibility index (Phi) is 6.96. The molecule has 11 heteroatoms. The number of anilines is 1. The number of rotatable bonds is 10. The molecule has 2 aromatic heterocycles. The summed E-state index contributed by atoms with van der Waals surface area (Å²) in [5.41, 5.74) is 0.796. The number of hydrogen-bond donors (Lipinski definition) is 1. The van der Waals surface area contributed by atoms with E-state index in [0.717, 1.165) is 11.8 Å². The number of methoxy groups -OCH3 is 2. The zero-order valence-electron chi connectivity index (χ0n) is 19.5. The fourth-order valence-electron chi connectivity index (χ4n) is 3.55. The minimum absolute atomic E-state index is 0.0768. The maximum Gasteiger partial charge on any atom is 0.318 e.